The molecule has 0 amide bonds. The van der Waals surface area contributed by atoms with Crippen LogP contribution in [-0.4, -0.2) is 36.3 Å². The van der Waals surface area contributed by atoms with Crippen LogP contribution in [0.5, 0.6) is 11.5 Å². The summed E-state index contributed by atoms with van der Waals surface area (Å²) in [5.41, 5.74) is 4.89. The predicted octanol–water partition coefficient (Wildman–Crippen LogP) is 5.31. The number of methoxy groups -OCH3 is 1. The Hall–Kier alpha value is -2.96. The molecule has 1 atom stereocenters. The number of nitrogens with zero attached hydrogens (tertiary/aromatic N) is 2. The van der Waals surface area contributed by atoms with E-state index in [0.717, 1.165) is 72.4 Å². The van der Waals surface area contributed by atoms with Crippen molar-refractivity contribution in [3.63, 3.8) is 0 Å². The molecule has 0 saturated carbocycles. The van der Waals surface area contributed by atoms with Gasteiger partial charge in [-0.1, -0.05) is 23.7 Å². The number of halogens is 2. The second-order valence-electron chi connectivity index (χ2n) is 8.33. The third-order valence-corrected chi connectivity index (χ3v) is 6.50. The van der Waals surface area contributed by atoms with Crippen LogP contribution in [0.3, 0.4) is 0 Å². The SMILES string of the molecule is COc1ccc2c(c1)CCCC(c1ccc(Cl)c(F)c1)=C2c1ncc(O[C@H]2CCNC2)cn1. The number of fused-ring (bicyclic) bond motifs is 1. The minimum atomic E-state index is -0.435. The molecule has 1 N–H and O–H groups in total. The Kier molecular flexibility index (Phi) is 6.29. The molecule has 5 nitrogen and oxygen atoms in total. The average Bonchev–Trinajstić information content (AvgIpc) is 3.27. The van der Waals surface area contributed by atoms with Crippen LogP contribution in [0, 0.1) is 5.82 Å². The molecule has 1 aromatic heterocycles. The van der Waals surface area contributed by atoms with Crippen molar-refractivity contribution in [3.05, 3.63) is 82.1 Å². The molecule has 2 aromatic carbocycles. The lowest BCUT2D eigenvalue weighted by molar-refractivity contribution is 0.221. The van der Waals surface area contributed by atoms with E-state index >= 15 is 0 Å². The molecular formula is C26H25ClFN3O2. The first-order valence-corrected chi connectivity index (χ1v) is 11.6. The van der Waals surface area contributed by atoms with Crippen molar-refractivity contribution >= 4 is 22.7 Å². The summed E-state index contributed by atoms with van der Waals surface area (Å²) in [4.78, 5) is 9.36. The minimum Gasteiger partial charge on any atom is -0.497 e. The van der Waals surface area contributed by atoms with E-state index in [2.05, 4.69) is 21.4 Å². The zero-order valence-corrected chi connectivity index (χ0v) is 19.2. The fourth-order valence-corrected chi connectivity index (χ4v) is 4.66. The highest BCUT2D eigenvalue weighted by molar-refractivity contribution is 6.30. The lowest BCUT2D eigenvalue weighted by Gasteiger charge is -2.17. The summed E-state index contributed by atoms with van der Waals surface area (Å²) >= 11 is 5.96. The molecule has 1 fully saturated rings. The van der Waals surface area contributed by atoms with Crippen molar-refractivity contribution in [1.82, 2.24) is 15.3 Å². The van der Waals surface area contributed by atoms with Crippen LogP contribution >= 0.6 is 11.6 Å². The third-order valence-electron chi connectivity index (χ3n) is 6.19. The summed E-state index contributed by atoms with van der Waals surface area (Å²) in [5.74, 6) is 1.61. The zero-order valence-electron chi connectivity index (χ0n) is 18.4. The zero-order chi connectivity index (χ0) is 22.8. The van der Waals surface area contributed by atoms with Gasteiger partial charge in [0.05, 0.1) is 24.5 Å². The van der Waals surface area contributed by atoms with Gasteiger partial charge in [0, 0.05) is 12.1 Å². The van der Waals surface area contributed by atoms with Crippen LogP contribution in [0.2, 0.25) is 5.02 Å². The Bertz CT molecular complexity index is 1190. The summed E-state index contributed by atoms with van der Waals surface area (Å²) < 4.78 is 25.8. The normalized spacial score (nSPS) is 18.1. The van der Waals surface area contributed by atoms with Crippen LogP contribution in [0.4, 0.5) is 4.39 Å². The van der Waals surface area contributed by atoms with E-state index in [9.17, 15) is 4.39 Å². The third kappa shape index (κ3) is 4.59. The molecule has 2 heterocycles. The second-order valence-corrected chi connectivity index (χ2v) is 8.74. The molecule has 0 bridgehead atoms. The summed E-state index contributed by atoms with van der Waals surface area (Å²) in [6.07, 6.45) is 7.11. The van der Waals surface area contributed by atoms with E-state index in [1.165, 1.54) is 6.07 Å². The standard InChI is InChI=1S/C26H25ClFN3O2/c1-32-18-6-7-22-16(11-18)3-2-4-21(17-5-8-23(27)24(28)12-17)25(22)26-30-14-20(15-31-26)33-19-9-10-29-13-19/h5-8,11-12,14-15,19,29H,2-4,9-10,13H2,1H3/t19-/m0/s1. The van der Waals surface area contributed by atoms with Gasteiger partial charge in [-0.2, -0.15) is 0 Å². The summed E-state index contributed by atoms with van der Waals surface area (Å²) in [5, 5.41) is 3.40. The Morgan fingerprint density at radius 3 is 2.64 bits per heavy atom. The number of rotatable bonds is 5. The van der Waals surface area contributed by atoms with E-state index < -0.39 is 5.82 Å². The van der Waals surface area contributed by atoms with Gasteiger partial charge >= 0.3 is 0 Å². The van der Waals surface area contributed by atoms with Crippen molar-refractivity contribution in [2.75, 3.05) is 20.2 Å². The Morgan fingerprint density at radius 2 is 1.91 bits per heavy atom. The molecule has 0 unspecified atom stereocenters. The maximum atomic E-state index is 14.4. The maximum Gasteiger partial charge on any atom is 0.160 e. The van der Waals surface area contributed by atoms with Gasteiger partial charge in [-0.15, -0.1) is 0 Å². The van der Waals surface area contributed by atoms with Crippen LogP contribution < -0.4 is 14.8 Å². The number of ether oxygens (including phenoxy) is 2. The van der Waals surface area contributed by atoms with Crippen molar-refractivity contribution in [1.29, 1.82) is 0 Å². The number of hydrogen-bond acceptors (Lipinski definition) is 5. The smallest absolute Gasteiger partial charge is 0.160 e. The molecule has 7 heteroatoms. The van der Waals surface area contributed by atoms with Gasteiger partial charge in [-0.25, -0.2) is 14.4 Å². The van der Waals surface area contributed by atoms with Gasteiger partial charge in [0.25, 0.3) is 0 Å². The van der Waals surface area contributed by atoms with Gasteiger partial charge < -0.3 is 14.8 Å². The molecule has 170 valence electrons. The first-order chi connectivity index (χ1) is 16.1. The number of aromatic nitrogens is 2. The molecule has 2 aliphatic rings. The molecule has 1 aliphatic carbocycles. The monoisotopic (exact) mass is 465 g/mol. The summed E-state index contributed by atoms with van der Waals surface area (Å²) in [7, 11) is 1.67. The number of hydrogen-bond donors (Lipinski definition) is 1. The lowest BCUT2D eigenvalue weighted by Crippen LogP contribution is -2.19. The van der Waals surface area contributed by atoms with E-state index in [1.807, 2.05) is 18.2 Å². The first kappa shape index (κ1) is 21.9. The molecule has 0 spiro atoms. The molecule has 1 saturated heterocycles. The summed E-state index contributed by atoms with van der Waals surface area (Å²) in [6.45, 7) is 1.78. The van der Waals surface area contributed by atoms with Gasteiger partial charge in [0.1, 0.15) is 17.7 Å². The van der Waals surface area contributed by atoms with Gasteiger partial charge in [0.2, 0.25) is 0 Å². The lowest BCUT2D eigenvalue weighted by atomic mass is 9.91. The first-order valence-electron chi connectivity index (χ1n) is 11.2. The molecule has 5 rings (SSSR count). The Morgan fingerprint density at radius 1 is 1.06 bits per heavy atom. The largest absolute Gasteiger partial charge is 0.497 e. The van der Waals surface area contributed by atoms with Crippen molar-refractivity contribution in [2.45, 2.75) is 31.8 Å². The average molecular weight is 466 g/mol. The predicted molar refractivity (Wildman–Crippen MR) is 127 cm³/mol. The number of allylic oxidation sites excluding steroid dienone is 1. The van der Waals surface area contributed by atoms with Gasteiger partial charge in [-0.05, 0) is 78.8 Å². The second kappa shape index (κ2) is 9.49. The quantitative estimate of drug-likeness (QED) is 0.553. The fourth-order valence-electron chi connectivity index (χ4n) is 4.55. The minimum absolute atomic E-state index is 0.110. The van der Waals surface area contributed by atoms with E-state index in [-0.39, 0.29) is 11.1 Å². The molecule has 0 radical (unpaired) electrons. The van der Waals surface area contributed by atoms with Crippen molar-refractivity contribution in [2.24, 2.45) is 0 Å². The topological polar surface area (TPSA) is 56.3 Å². The maximum absolute atomic E-state index is 14.4. The van der Waals surface area contributed by atoms with Crippen LogP contribution in [0.25, 0.3) is 11.1 Å². The summed E-state index contributed by atoms with van der Waals surface area (Å²) in [6, 6.07) is 11.0. The number of aryl methyl sites for hydroxylation is 1. The van der Waals surface area contributed by atoms with Crippen LogP contribution in [0.1, 0.15) is 41.8 Å². The van der Waals surface area contributed by atoms with Crippen LogP contribution in [-0.2, 0) is 6.42 Å². The Labute approximate surface area is 197 Å². The molecule has 33 heavy (non-hydrogen) atoms. The van der Waals surface area contributed by atoms with E-state index in [4.69, 9.17) is 21.1 Å². The number of benzene rings is 2. The Balaban J connectivity index is 1.62. The van der Waals surface area contributed by atoms with Crippen LogP contribution in [0.15, 0.2) is 48.8 Å². The number of nitrogens with one attached hydrogen (secondary N) is 1. The van der Waals surface area contributed by atoms with Gasteiger partial charge in [-0.3, -0.25) is 0 Å². The molecule has 3 aromatic rings. The highest BCUT2D eigenvalue weighted by Gasteiger charge is 2.23. The fraction of sp³-hybridized carbons (Fsp3) is 0.308. The highest BCUT2D eigenvalue weighted by atomic mass is 35.5. The van der Waals surface area contributed by atoms with Crippen molar-refractivity contribution in [3.8, 4) is 11.5 Å². The van der Waals surface area contributed by atoms with Crippen molar-refractivity contribution < 1.29 is 13.9 Å². The molecular weight excluding hydrogens is 441 g/mol. The highest BCUT2D eigenvalue weighted by Crippen LogP contribution is 2.40. The van der Waals surface area contributed by atoms with E-state index in [0.29, 0.717) is 11.6 Å². The van der Waals surface area contributed by atoms with E-state index in [1.54, 1.807) is 25.6 Å². The van der Waals surface area contributed by atoms with Gasteiger partial charge in [0.15, 0.2) is 11.6 Å². The molecule has 1 aliphatic heterocycles.